The fourth-order valence-electron chi connectivity index (χ4n) is 1.89. The molecule has 1 atom stereocenters. The maximum Gasteiger partial charge on any atom is 0.194 e. The SMILES string of the molecule is COc1cc(Br)ccc1C(N)c1ccc(F)c(F)c1F. The van der Waals surface area contributed by atoms with E-state index in [-0.39, 0.29) is 5.56 Å². The van der Waals surface area contributed by atoms with Crippen LogP contribution in [0, 0.1) is 17.5 Å². The summed E-state index contributed by atoms with van der Waals surface area (Å²) in [6.45, 7) is 0. The van der Waals surface area contributed by atoms with Gasteiger partial charge in [0.05, 0.1) is 13.2 Å². The molecule has 0 spiro atoms. The van der Waals surface area contributed by atoms with E-state index in [2.05, 4.69) is 15.9 Å². The lowest BCUT2D eigenvalue weighted by Gasteiger charge is -2.17. The smallest absolute Gasteiger partial charge is 0.194 e. The largest absolute Gasteiger partial charge is 0.496 e. The lowest BCUT2D eigenvalue weighted by molar-refractivity contribution is 0.405. The van der Waals surface area contributed by atoms with Crippen LogP contribution < -0.4 is 10.5 Å². The molecule has 2 rings (SSSR count). The molecule has 20 heavy (non-hydrogen) atoms. The molecule has 106 valence electrons. The number of benzene rings is 2. The summed E-state index contributed by atoms with van der Waals surface area (Å²) in [6.07, 6.45) is 0. The molecule has 2 nitrogen and oxygen atoms in total. The van der Waals surface area contributed by atoms with Gasteiger partial charge in [-0.3, -0.25) is 0 Å². The van der Waals surface area contributed by atoms with Gasteiger partial charge in [0, 0.05) is 15.6 Å². The lowest BCUT2D eigenvalue weighted by Crippen LogP contribution is -2.16. The maximum absolute atomic E-state index is 13.8. The predicted molar refractivity (Wildman–Crippen MR) is 73.0 cm³/mol. The fraction of sp³-hybridized carbons (Fsp3) is 0.143. The van der Waals surface area contributed by atoms with Gasteiger partial charge in [0.15, 0.2) is 17.5 Å². The summed E-state index contributed by atoms with van der Waals surface area (Å²) in [4.78, 5) is 0. The van der Waals surface area contributed by atoms with Gasteiger partial charge in [-0.15, -0.1) is 0 Å². The first kappa shape index (κ1) is 14.9. The molecule has 0 fully saturated rings. The minimum Gasteiger partial charge on any atom is -0.496 e. The third-order valence-corrected chi connectivity index (χ3v) is 3.42. The van der Waals surface area contributed by atoms with Crippen molar-refractivity contribution in [3.05, 3.63) is 63.4 Å². The fourth-order valence-corrected chi connectivity index (χ4v) is 2.23. The van der Waals surface area contributed by atoms with E-state index in [9.17, 15) is 13.2 Å². The Morgan fingerprint density at radius 1 is 1.05 bits per heavy atom. The third kappa shape index (κ3) is 2.66. The van der Waals surface area contributed by atoms with Crippen molar-refractivity contribution in [1.29, 1.82) is 0 Å². The Balaban J connectivity index is 2.52. The number of methoxy groups -OCH3 is 1. The molecule has 0 saturated carbocycles. The van der Waals surface area contributed by atoms with Crippen molar-refractivity contribution < 1.29 is 17.9 Å². The minimum absolute atomic E-state index is 0.135. The van der Waals surface area contributed by atoms with Gasteiger partial charge < -0.3 is 10.5 Å². The van der Waals surface area contributed by atoms with Crippen molar-refractivity contribution in [1.82, 2.24) is 0 Å². The van der Waals surface area contributed by atoms with E-state index in [1.165, 1.54) is 7.11 Å². The van der Waals surface area contributed by atoms with Crippen LogP contribution in [0.5, 0.6) is 5.75 Å². The Labute approximate surface area is 122 Å². The normalized spacial score (nSPS) is 12.3. The highest BCUT2D eigenvalue weighted by atomic mass is 79.9. The zero-order valence-corrected chi connectivity index (χ0v) is 12.0. The van der Waals surface area contributed by atoms with Gasteiger partial charge in [0.2, 0.25) is 0 Å². The number of hydrogen-bond acceptors (Lipinski definition) is 2. The summed E-state index contributed by atoms with van der Waals surface area (Å²) in [5, 5.41) is 0. The van der Waals surface area contributed by atoms with Crippen molar-refractivity contribution in [3.8, 4) is 5.75 Å². The Bertz CT molecular complexity index is 649. The molecule has 0 amide bonds. The molecule has 0 aliphatic carbocycles. The first-order valence-corrected chi connectivity index (χ1v) is 6.47. The Morgan fingerprint density at radius 3 is 2.35 bits per heavy atom. The minimum atomic E-state index is -1.53. The molecule has 0 bridgehead atoms. The van der Waals surface area contributed by atoms with Crippen LogP contribution in [0.3, 0.4) is 0 Å². The predicted octanol–water partition coefficient (Wildman–Crippen LogP) is 3.92. The van der Waals surface area contributed by atoms with Crippen LogP contribution in [0.1, 0.15) is 17.2 Å². The molecule has 2 aromatic carbocycles. The summed E-state index contributed by atoms with van der Waals surface area (Å²) in [7, 11) is 1.44. The zero-order chi connectivity index (χ0) is 14.9. The molecule has 0 saturated heterocycles. The first-order chi connectivity index (χ1) is 9.45. The monoisotopic (exact) mass is 345 g/mol. The second-order valence-electron chi connectivity index (χ2n) is 4.13. The van der Waals surface area contributed by atoms with Gasteiger partial charge in [-0.05, 0) is 18.2 Å². The van der Waals surface area contributed by atoms with Gasteiger partial charge in [0.25, 0.3) is 0 Å². The van der Waals surface area contributed by atoms with E-state index in [4.69, 9.17) is 10.5 Å². The van der Waals surface area contributed by atoms with Crippen LogP contribution >= 0.6 is 15.9 Å². The molecule has 2 N–H and O–H groups in total. The molecular formula is C14H11BrF3NO. The average Bonchev–Trinajstić information content (AvgIpc) is 2.44. The maximum atomic E-state index is 13.8. The third-order valence-electron chi connectivity index (χ3n) is 2.93. The van der Waals surface area contributed by atoms with E-state index in [0.29, 0.717) is 11.3 Å². The molecular weight excluding hydrogens is 335 g/mol. The van der Waals surface area contributed by atoms with Gasteiger partial charge in [0.1, 0.15) is 5.75 Å². The van der Waals surface area contributed by atoms with E-state index in [1.54, 1.807) is 18.2 Å². The average molecular weight is 346 g/mol. The highest BCUT2D eigenvalue weighted by molar-refractivity contribution is 9.10. The Kier molecular flexibility index (Phi) is 4.35. The standard InChI is InChI=1S/C14H11BrF3NO/c1-20-11-6-7(15)2-3-8(11)14(19)9-4-5-10(16)13(18)12(9)17/h2-6,14H,19H2,1H3. The van der Waals surface area contributed by atoms with Crippen molar-refractivity contribution in [2.75, 3.05) is 7.11 Å². The molecule has 0 radical (unpaired) electrons. The van der Waals surface area contributed by atoms with Crippen molar-refractivity contribution in [3.63, 3.8) is 0 Å². The topological polar surface area (TPSA) is 35.2 Å². The van der Waals surface area contributed by atoms with Crippen LogP contribution in [-0.2, 0) is 0 Å². The first-order valence-electron chi connectivity index (χ1n) is 5.68. The van der Waals surface area contributed by atoms with Crippen molar-refractivity contribution >= 4 is 15.9 Å². The van der Waals surface area contributed by atoms with Gasteiger partial charge in [-0.2, -0.15) is 0 Å². The lowest BCUT2D eigenvalue weighted by atomic mass is 9.98. The zero-order valence-electron chi connectivity index (χ0n) is 10.5. The molecule has 6 heteroatoms. The Hall–Kier alpha value is -1.53. The van der Waals surface area contributed by atoms with Gasteiger partial charge in [-0.1, -0.05) is 28.1 Å². The second kappa shape index (κ2) is 5.85. The number of nitrogens with two attached hydrogens (primary N) is 1. The molecule has 2 aromatic rings. The molecule has 0 heterocycles. The molecule has 0 aromatic heterocycles. The van der Waals surface area contributed by atoms with Crippen molar-refractivity contribution in [2.24, 2.45) is 5.73 Å². The molecule has 0 aliphatic heterocycles. The summed E-state index contributed by atoms with van der Waals surface area (Å²) in [5.41, 5.74) is 6.28. The number of halogens is 4. The number of rotatable bonds is 3. The van der Waals surface area contributed by atoms with Crippen LogP contribution in [0.4, 0.5) is 13.2 Å². The molecule has 0 aliphatic rings. The van der Waals surface area contributed by atoms with E-state index in [0.717, 1.165) is 16.6 Å². The summed E-state index contributed by atoms with van der Waals surface area (Å²) in [5.74, 6) is -3.64. The quantitative estimate of drug-likeness (QED) is 0.855. The Morgan fingerprint density at radius 2 is 1.70 bits per heavy atom. The van der Waals surface area contributed by atoms with Crippen LogP contribution in [0.15, 0.2) is 34.8 Å². The van der Waals surface area contributed by atoms with Crippen LogP contribution in [0.2, 0.25) is 0 Å². The van der Waals surface area contributed by atoms with Crippen LogP contribution in [0.25, 0.3) is 0 Å². The summed E-state index contributed by atoms with van der Waals surface area (Å²) >= 11 is 3.27. The van der Waals surface area contributed by atoms with E-state index in [1.807, 2.05) is 0 Å². The number of hydrogen-bond donors (Lipinski definition) is 1. The van der Waals surface area contributed by atoms with Gasteiger partial charge >= 0.3 is 0 Å². The second-order valence-corrected chi connectivity index (χ2v) is 5.04. The van der Waals surface area contributed by atoms with E-state index >= 15 is 0 Å². The van der Waals surface area contributed by atoms with Crippen LogP contribution in [-0.4, -0.2) is 7.11 Å². The van der Waals surface area contributed by atoms with E-state index < -0.39 is 23.5 Å². The number of ether oxygens (including phenoxy) is 1. The highest BCUT2D eigenvalue weighted by Gasteiger charge is 2.21. The molecule has 1 unspecified atom stereocenters. The highest BCUT2D eigenvalue weighted by Crippen LogP contribution is 2.32. The summed E-state index contributed by atoms with van der Waals surface area (Å²) < 4.78 is 45.9. The van der Waals surface area contributed by atoms with Crippen molar-refractivity contribution in [2.45, 2.75) is 6.04 Å². The van der Waals surface area contributed by atoms with Gasteiger partial charge in [-0.25, -0.2) is 13.2 Å². The summed E-state index contributed by atoms with van der Waals surface area (Å²) in [6, 6.07) is 6.00.